The van der Waals surface area contributed by atoms with Gasteiger partial charge in [-0.15, -0.1) is 0 Å². The molecular formula is C34H37F3N4O7S. The van der Waals surface area contributed by atoms with E-state index in [1.54, 1.807) is 54.6 Å². The Kier molecular flexibility index (Phi) is 12.9. The van der Waals surface area contributed by atoms with Crippen LogP contribution in [0.25, 0.3) is 0 Å². The number of benzene rings is 3. The Morgan fingerprint density at radius 1 is 0.959 bits per heavy atom. The van der Waals surface area contributed by atoms with Gasteiger partial charge in [0.25, 0.3) is 17.7 Å². The molecule has 5 rings (SSSR count). The standard InChI is InChI=1S/C32H36N4O5S.C2HF3O2/c33-17-3-1-2-4-18-42(40)27-14-10-25(11-15-27)34-31(38)23-7-5-22(6-8-23)20-36(26-12-13-26)32(39)24-9-16-28-29(19-24)41-21-30(37)35-28;3-2(4,5)1(6)7/h5-11,14-16,19,26H,1-4,12-13,17-18,20-21,33H2,(H,34,38)(H,35,37);(H,6,7). The first-order valence-corrected chi connectivity index (χ1v) is 16.9. The van der Waals surface area contributed by atoms with Crippen LogP contribution >= 0.6 is 0 Å². The predicted octanol–water partition coefficient (Wildman–Crippen LogP) is 5.33. The highest BCUT2D eigenvalue weighted by Crippen LogP contribution is 2.33. The number of halogens is 3. The summed E-state index contributed by atoms with van der Waals surface area (Å²) in [5.41, 5.74) is 8.63. The van der Waals surface area contributed by atoms with E-state index in [0.717, 1.165) is 49.0 Å². The number of alkyl halides is 3. The van der Waals surface area contributed by atoms with Crippen LogP contribution in [0.15, 0.2) is 71.6 Å². The smallest absolute Gasteiger partial charge is 0.482 e. The molecule has 3 aromatic rings. The summed E-state index contributed by atoms with van der Waals surface area (Å²) < 4.78 is 49.8. The Morgan fingerprint density at radius 3 is 2.20 bits per heavy atom. The lowest BCUT2D eigenvalue weighted by molar-refractivity contribution is -0.192. The fourth-order valence-electron chi connectivity index (χ4n) is 4.83. The van der Waals surface area contributed by atoms with E-state index in [-0.39, 0.29) is 30.4 Å². The first kappa shape index (κ1) is 37.1. The molecule has 49 heavy (non-hydrogen) atoms. The molecule has 0 radical (unpaired) electrons. The van der Waals surface area contributed by atoms with Crippen molar-refractivity contribution >= 4 is 45.9 Å². The molecule has 1 unspecified atom stereocenters. The highest BCUT2D eigenvalue weighted by Gasteiger charge is 2.38. The van der Waals surface area contributed by atoms with Gasteiger partial charge in [0.1, 0.15) is 5.75 Å². The molecule has 0 spiro atoms. The van der Waals surface area contributed by atoms with E-state index in [2.05, 4.69) is 10.6 Å². The SMILES string of the molecule is NCCCCCCS(=O)c1ccc(NC(=O)c2ccc(CN(C(=O)c3ccc4c(c3)OCC(=O)N4)C3CC3)cc2)cc1.O=C(O)C(F)(F)F. The van der Waals surface area contributed by atoms with Crippen molar-refractivity contribution in [2.24, 2.45) is 5.73 Å². The predicted molar refractivity (Wildman–Crippen MR) is 177 cm³/mol. The Morgan fingerprint density at radius 2 is 1.59 bits per heavy atom. The third-order valence-corrected chi connectivity index (χ3v) is 9.04. The topological polar surface area (TPSA) is 168 Å². The number of anilines is 2. The summed E-state index contributed by atoms with van der Waals surface area (Å²) in [7, 11) is -1.06. The first-order chi connectivity index (χ1) is 23.3. The van der Waals surface area contributed by atoms with Crippen molar-refractivity contribution in [2.45, 2.75) is 62.2 Å². The third kappa shape index (κ3) is 11.1. The summed E-state index contributed by atoms with van der Waals surface area (Å²) in [5.74, 6) is -2.21. The largest absolute Gasteiger partial charge is 0.490 e. The van der Waals surface area contributed by atoms with Gasteiger partial charge in [-0.25, -0.2) is 4.79 Å². The zero-order valence-electron chi connectivity index (χ0n) is 26.5. The molecule has 11 nitrogen and oxygen atoms in total. The molecule has 3 aromatic carbocycles. The number of carbonyl (C=O) groups is 4. The molecule has 1 aliphatic carbocycles. The molecule has 15 heteroatoms. The molecule has 5 N–H and O–H groups in total. The number of rotatable bonds is 13. The van der Waals surface area contributed by atoms with Crippen LogP contribution in [0.3, 0.4) is 0 Å². The number of unbranched alkanes of at least 4 members (excludes halogenated alkanes) is 3. The molecule has 0 aromatic heterocycles. The lowest BCUT2D eigenvalue weighted by atomic mass is 10.1. The van der Waals surface area contributed by atoms with Gasteiger partial charge in [0.2, 0.25) is 0 Å². The normalized spacial score (nSPS) is 14.2. The molecule has 1 aliphatic heterocycles. The van der Waals surface area contributed by atoms with Gasteiger partial charge in [0.15, 0.2) is 6.61 Å². The molecule has 0 saturated heterocycles. The number of ether oxygens (including phenoxy) is 1. The Bertz CT molecular complexity index is 1660. The Labute approximate surface area is 283 Å². The molecule has 1 saturated carbocycles. The number of carboxylic acids is 1. The molecular weight excluding hydrogens is 665 g/mol. The Hall–Kier alpha value is -4.76. The lowest BCUT2D eigenvalue weighted by Crippen LogP contribution is -2.33. The summed E-state index contributed by atoms with van der Waals surface area (Å²) in [6.07, 6.45) is 0.798. The van der Waals surface area contributed by atoms with Gasteiger partial charge in [-0.2, -0.15) is 13.2 Å². The second-order valence-electron chi connectivity index (χ2n) is 11.4. The third-order valence-electron chi connectivity index (χ3n) is 7.58. The monoisotopic (exact) mass is 702 g/mol. The molecule has 262 valence electrons. The van der Waals surface area contributed by atoms with Crippen LogP contribution in [0.4, 0.5) is 24.5 Å². The Balaban J connectivity index is 0.000000698. The van der Waals surface area contributed by atoms with E-state index in [1.807, 2.05) is 17.0 Å². The number of nitrogens with one attached hydrogen (secondary N) is 2. The van der Waals surface area contributed by atoms with E-state index in [0.29, 0.717) is 47.1 Å². The number of nitrogens with two attached hydrogens (primary N) is 1. The van der Waals surface area contributed by atoms with Gasteiger partial charge < -0.3 is 31.1 Å². The van der Waals surface area contributed by atoms with E-state index in [4.69, 9.17) is 20.4 Å². The zero-order chi connectivity index (χ0) is 35.6. The molecule has 2 aliphatic rings. The molecule has 1 fully saturated rings. The number of carboxylic acid groups (broad SMARTS) is 1. The van der Waals surface area contributed by atoms with Gasteiger partial charge in [-0.1, -0.05) is 25.0 Å². The van der Waals surface area contributed by atoms with Crippen LogP contribution in [0.2, 0.25) is 0 Å². The minimum atomic E-state index is -5.08. The average Bonchev–Trinajstić information content (AvgIpc) is 3.92. The number of carbonyl (C=O) groups excluding carboxylic acids is 3. The van der Waals surface area contributed by atoms with E-state index >= 15 is 0 Å². The second kappa shape index (κ2) is 17.1. The van der Waals surface area contributed by atoms with E-state index in [1.165, 1.54) is 0 Å². The summed E-state index contributed by atoms with van der Waals surface area (Å²) in [4.78, 5) is 49.3. The van der Waals surface area contributed by atoms with Crippen LogP contribution in [-0.4, -0.2) is 69.0 Å². The highest BCUT2D eigenvalue weighted by molar-refractivity contribution is 7.85. The number of hydrogen-bond donors (Lipinski definition) is 4. The van der Waals surface area contributed by atoms with Crippen LogP contribution in [0, 0.1) is 0 Å². The molecule has 1 atom stereocenters. The number of fused-ring (bicyclic) bond motifs is 1. The van der Waals surface area contributed by atoms with Gasteiger partial charge >= 0.3 is 12.1 Å². The average molecular weight is 703 g/mol. The van der Waals surface area contributed by atoms with E-state index in [9.17, 15) is 31.8 Å². The maximum absolute atomic E-state index is 13.4. The van der Waals surface area contributed by atoms with Crippen molar-refractivity contribution in [3.63, 3.8) is 0 Å². The van der Waals surface area contributed by atoms with Gasteiger partial charge in [-0.05, 0) is 92.4 Å². The molecule has 3 amide bonds. The highest BCUT2D eigenvalue weighted by atomic mass is 32.2. The van der Waals surface area contributed by atoms with Crippen molar-refractivity contribution in [1.29, 1.82) is 0 Å². The number of amides is 3. The second-order valence-corrected chi connectivity index (χ2v) is 13.0. The van der Waals surface area contributed by atoms with Crippen LogP contribution in [0.1, 0.15) is 64.8 Å². The lowest BCUT2D eigenvalue weighted by Gasteiger charge is -2.24. The minimum absolute atomic E-state index is 0.0700. The van der Waals surface area contributed by atoms with Gasteiger partial charge in [-0.3, -0.25) is 18.6 Å². The quantitative estimate of drug-likeness (QED) is 0.173. The van der Waals surface area contributed by atoms with Crippen molar-refractivity contribution in [3.8, 4) is 5.75 Å². The summed E-state index contributed by atoms with van der Waals surface area (Å²) in [5, 5.41) is 12.8. The van der Waals surface area contributed by atoms with Crippen molar-refractivity contribution in [3.05, 3.63) is 83.4 Å². The first-order valence-electron chi connectivity index (χ1n) is 15.6. The number of aliphatic carboxylic acids is 1. The van der Waals surface area contributed by atoms with Gasteiger partial charge in [0, 0.05) is 40.0 Å². The zero-order valence-corrected chi connectivity index (χ0v) is 27.3. The minimum Gasteiger partial charge on any atom is -0.482 e. The van der Waals surface area contributed by atoms with E-state index < -0.39 is 22.9 Å². The number of nitrogens with zero attached hydrogens (tertiary/aromatic N) is 1. The van der Waals surface area contributed by atoms with Crippen LogP contribution in [-0.2, 0) is 26.9 Å². The maximum Gasteiger partial charge on any atom is 0.490 e. The fraction of sp³-hybridized carbons (Fsp3) is 0.353. The van der Waals surface area contributed by atoms with Crippen molar-refractivity contribution in [1.82, 2.24) is 4.90 Å². The number of hydrogen-bond acceptors (Lipinski definition) is 7. The summed E-state index contributed by atoms with van der Waals surface area (Å²) >= 11 is 0. The molecule has 1 heterocycles. The molecule has 0 bridgehead atoms. The van der Waals surface area contributed by atoms with Crippen LogP contribution in [0.5, 0.6) is 5.75 Å². The summed E-state index contributed by atoms with van der Waals surface area (Å²) in [6, 6.07) is 19.6. The fourth-order valence-corrected chi connectivity index (χ4v) is 5.97. The van der Waals surface area contributed by atoms with Crippen molar-refractivity contribution in [2.75, 3.05) is 29.5 Å². The van der Waals surface area contributed by atoms with Crippen molar-refractivity contribution < 1.29 is 46.4 Å². The van der Waals surface area contributed by atoms with Gasteiger partial charge in [0.05, 0.1) is 16.5 Å². The maximum atomic E-state index is 13.4. The summed E-state index contributed by atoms with van der Waals surface area (Å²) in [6.45, 7) is 1.04. The van der Waals surface area contributed by atoms with Crippen LogP contribution < -0.4 is 21.1 Å².